The second kappa shape index (κ2) is 9.68. The SMILES string of the molecule is CC12CCC3C(CCC4(OC5OC(CO)C(O)C(O)C5O)C=CCCC34O)C1(O)CC(O)C2c1ccc(=O)oc1. The number of rotatable bonds is 4. The highest BCUT2D eigenvalue weighted by Crippen LogP contribution is 2.69. The van der Waals surface area contributed by atoms with Crippen LogP contribution in [0.3, 0.4) is 0 Å². The van der Waals surface area contributed by atoms with Crippen molar-refractivity contribution in [2.75, 3.05) is 6.61 Å². The Morgan fingerprint density at radius 2 is 1.70 bits per heavy atom. The van der Waals surface area contributed by atoms with Crippen molar-refractivity contribution in [1.29, 1.82) is 0 Å². The first-order chi connectivity index (χ1) is 18.9. The summed E-state index contributed by atoms with van der Waals surface area (Å²) in [6.07, 6.45) is -0.369. The molecule has 13 atom stereocenters. The van der Waals surface area contributed by atoms with Crippen LogP contribution >= 0.6 is 0 Å². The highest BCUT2D eigenvalue weighted by atomic mass is 16.7. The Balaban J connectivity index is 1.33. The Hall–Kier alpha value is -1.67. The van der Waals surface area contributed by atoms with Crippen LogP contribution in [0.5, 0.6) is 0 Å². The second-order valence-corrected chi connectivity index (χ2v) is 12.8. The number of ether oxygens (including phenoxy) is 2. The van der Waals surface area contributed by atoms with E-state index in [0.29, 0.717) is 37.7 Å². The van der Waals surface area contributed by atoms with Gasteiger partial charge in [0.05, 0.1) is 24.6 Å². The van der Waals surface area contributed by atoms with E-state index in [2.05, 4.69) is 0 Å². The summed E-state index contributed by atoms with van der Waals surface area (Å²) in [6, 6.07) is 2.96. The first kappa shape index (κ1) is 28.4. The van der Waals surface area contributed by atoms with Crippen LogP contribution < -0.4 is 5.63 Å². The van der Waals surface area contributed by atoms with E-state index in [1.165, 1.54) is 12.3 Å². The first-order valence-electron chi connectivity index (χ1n) is 14.3. The molecular formula is C29H40O11. The van der Waals surface area contributed by atoms with Gasteiger partial charge in [-0.15, -0.1) is 0 Å². The highest BCUT2D eigenvalue weighted by molar-refractivity contribution is 5.32. The van der Waals surface area contributed by atoms with Crippen molar-refractivity contribution >= 4 is 0 Å². The van der Waals surface area contributed by atoms with Crippen LogP contribution in [-0.4, -0.2) is 96.0 Å². The molecule has 0 radical (unpaired) electrons. The molecule has 13 unspecified atom stereocenters. The van der Waals surface area contributed by atoms with Gasteiger partial charge < -0.3 is 49.6 Å². The molecule has 222 valence electrons. The quantitative estimate of drug-likeness (QED) is 0.187. The van der Waals surface area contributed by atoms with Crippen LogP contribution in [0.25, 0.3) is 0 Å². The minimum atomic E-state index is -1.61. The zero-order valence-electron chi connectivity index (χ0n) is 22.5. The molecule has 4 fully saturated rings. The molecular weight excluding hydrogens is 524 g/mol. The maximum atomic E-state index is 12.5. The Labute approximate surface area is 231 Å². The lowest BCUT2D eigenvalue weighted by Crippen LogP contribution is -2.72. The number of hydrogen-bond donors (Lipinski definition) is 7. The van der Waals surface area contributed by atoms with Gasteiger partial charge in [-0.05, 0) is 62.0 Å². The van der Waals surface area contributed by atoms with E-state index in [9.17, 15) is 40.5 Å². The van der Waals surface area contributed by atoms with Gasteiger partial charge in [-0.2, -0.15) is 0 Å². The molecule has 0 aromatic carbocycles. The van der Waals surface area contributed by atoms with E-state index in [-0.39, 0.29) is 18.8 Å². The van der Waals surface area contributed by atoms with Gasteiger partial charge in [-0.25, -0.2) is 4.79 Å². The summed E-state index contributed by atoms with van der Waals surface area (Å²) in [5.74, 6) is -1.24. The van der Waals surface area contributed by atoms with E-state index in [0.717, 1.165) is 0 Å². The predicted molar refractivity (Wildman–Crippen MR) is 138 cm³/mol. The number of allylic oxidation sites excluding steroid dienone is 1. The van der Waals surface area contributed by atoms with Crippen molar-refractivity contribution in [3.63, 3.8) is 0 Å². The van der Waals surface area contributed by atoms with E-state index in [4.69, 9.17) is 13.9 Å². The molecule has 3 saturated carbocycles. The summed E-state index contributed by atoms with van der Waals surface area (Å²) in [5, 5.41) is 77.1. The number of aliphatic hydroxyl groups excluding tert-OH is 5. The van der Waals surface area contributed by atoms with Crippen molar-refractivity contribution in [2.24, 2.45) is 17.3 Å². The molecule has 1 aromatic rings. The minimum Gasteiger partial charge on any atom is -0.431 e. The third kappa shape index (κ3) is 3.79. The molecule has 0 amide bonds. The second-order valence-electron chi connectivity index (χ2n) is 12.8. The molecule has 5 aliphatic rings. The highest BCUT2D eigenvalue weighted by Gasteiger charge is 2.72. The standard InChI is InChI=1S/C29H40O11/c1-26-10-6-16-17(29(26,37)12-18(31)21(26)15-4-5-20(32)38-14-15)7-11-27(8-2-3-9-28(16,27)36)40-25-24(35)23(34)22(33)19(13-30)39-25/h2,4-5,8,14,16-19,21-25,30-31,33-37H,3,6-7,9-13H2,1H3. The lowest BCUT2D eigenvalue weighted by Gasteiger charge is -2.64. The summed E-state index contributed by atoms with van der Waals surface area (Å²) < 4.78 is 17.1. The van der Waals surface area contributed by atoms with Crippen LogP contribution in [0.4, 0.5) is 0 Å². The van der Waals surface area contributed by atoms with Gasteiger partial charge in [0.25, 0.3) is 0 Å². The van der Waals surface area contributed by atoms with Crippen molar-refractivity contribution in [2.45, 2.75) is 111 Å². The maximum absolute atomic E-state index is 12.5. The molecule has 0 bridgehead atoms. The first-order valence-corrected chi connectivity index (χ1v) is 14.3. The Morgan fingerprint density at radius 1 is 0.975 bits per heavy atom. The van der Waals surface area contributed by atoms with Gasteiger partial charge in [-0.1, -0.05) is 19.1 Å². The van der Waals surface area contributed by atoms with Crippen LogP contribution in [-0.2, 0) is 9.47 Å². The van der Waals surface area contributed by atoms with Crippen molar-refractivity contribution in [3.05, 3.63) is 46.5 Å². The smallest absolute Gasteiger partial charge is 0.335 e. The molecule has 1 aliphatic heterocycles. The summed E-state index contributed by atoms with van der Waals surface area (Å²) in [7, 11) is 0. The van der Waals surface area contributed by atoms with E-state index >= 15 is 0 Å². The molecule has 11 nitrogen and oxygen atoms in total. The fourth-order valence-electron chi connectivity index (χ4n) is 9.12. The lowest BCUT2D eigenvalue weighted by atomic mass is 9.46. The van der Waals surface area contributed by atoms with Crippen LogP contribution in [0.15, 0.2) is 39.8 Å². The lowest BCUT2D eigenvalue weighted by molar-refractivity contribution is -0.357. The molecule has 0 spiro atoms. The van der Waals surface area contributed by atoms with Crippen LogP contribution in [0.2, 0.25) is 0 Å². The van der Waals surface area contributed by atoms with E-state index in [1.807, 2.05) is 13.0 Å². The summed E-state index contributed by atoms with van der Waals surface area (Å²) in [5.41, 5.74) is -4.66. The molecule has 2 heterocycles. The van der Waals surface area contributed by atoms with Gasteiger partial charge in [-0.3, -0.25) is 0 Å². The van der Waals surface area contributed by atoms with Gasteiger partial charge in [0, 0.05) is 23.8 Å². The topological polar surface area (TPSA) is 190 Å². The molecule has 1 saturated heterocycles. The predicted octanol–water partition coefficient (Wildman–Crippen LogP) is -0.318. The average molecular weight is 565 g/mol. The largest absolute Gasteiger partial charge is 0.431 e. The Bertz CT molecular complexity index is 1180. The fraction of sp³-hybridized carbons (Fsp3) is 0.759. The monoisotopic (exact) mass is 564 g/mol. The number of aliphatic hydroxyl groups is 7. The van der Waals surface area contributed by atoms with Crippen LogP contribution in [0.1, 0.15) is 63.4 Å². The zero-order chi connectivity index (χ0) is 28.7. The zero-order valence-corrected chi connectivity index (χ0v) is 22.5. The van der Waals surface area contributed by atoms with Crippen molar-refractivity contribution < 1.29 is 49.6 Å². The van der Waals surface area contributed by atoms with E-state index < -0.39 is 83.1 Å². The summed E-state index contributed by atoms with van der Waals surface area (Å²) >= 11 is 0. The Kier molecular flexibility index (Phi) is 6.89. The van der Waals surface area contributed by atoms with Crippen molar-refractivity contribution in [1.82, 2.24) is 0 Å². The molecule has 1 aromatic heterocycles. The molecule has 6 rings (SSSR count). The van der Waals surface area contributed by atoms with Gasteiger partial charge >= 0.3 is 5.63 Å². The fourth-order valence-corrected chi connectivity index (χ4v) is 9.12. The van der Waals surface area contributed by atoms with Gasteiger partial charge in [0.1, 0.15) is 35.6 Å². The summed E-state index contributed by atoms with van der Waals surface area (Å²) in [6.45, 7) is 1.37. The van der Waals surface area contributed by atoms with Crippen molar-refractivity contribution in [3.8, 4) is 0 Å². The van der Waals surface area contributed by atoms with Crippen LogP contribution in [0, 0.1) is 17.3 Å². The normalized spacial score (nSPS) is 52.0. The molecule has 7 N–H and O–H groups in total. The number of hydrogen-bond acceptors (Lipinski definition) is 11. The third-order valence-electron chi connectivity index (χ3n) is 11.2. The number of fused-ring (bicyclic) bond motifs is 5. The molecule has 11 heteroatoms. The maximum Gasteiger partial charge on any atom is 0.335 e. The Morgan fingerprint density at radius 3 is 2.40 bits per heavy atom. The minimum absolute atomic E-state index is 0.112. The van der Waals surface area contributed by atoms with Gasteiger partial charge in [0.15, 0.2) is 6.29 Å². The molecule has 4 aliphatic carbocycles. The van der Waals surface area contributed by atoms with E-state index in [1.54, 1.807) is 12.1 Å². The molecule has 40 heavy (non-hydrogen) atoms. The summed E-state index contributed by atoms with van der Waals surface area (Å²) in [4.78, 5) is 11.6. The third-order valence-corrected chi connectivity index (χ3v) is 11.2. The average Bonchev–Trinajstić information content (AvgIpc) is 3.14. The van der Waals surface area contributed by atoms with Gasteiger partial charge in [0.2, 0.25) is 0 Å².